The number of amides is 1. The van der Waals surface area contributed by atoms with Crippen LogP contribution in [0.3, 0.4) is 0 Å². The van der Waals surface area contributed by atoms with Gasteiger partial charge in [0.1, 0.15) is 5.75 Å². The van der Waals surface area contributed by atoms with Crippen LogP contribution in [0.25, 0.3) is 11.4 Å². The number of aromatic nitrogens is 2. The summed E-state index contributed by atoms with van der Waals surface area (Å²) in [5, 5.41) is 17.4. The van der Waals surface area contributed by atoms with E-state index < -0.39 is 10.8 Å². The van der Waals surface area contributed by atoms with Gasteiger partial charge in [-0.25, -0.2) is 0 Å². The molecule has 150 valence electrons. The minimum Gasteiger partial charge on any atom is -0.490 e. The normalized spacial score (nSPS) is 10.4. The second-order valence-corrected chi connectivity index (χ2v) is 6.04. The Morgan fingerprint density at radius 1 is 1.28 bits per heavy atom. The number of nitro groups is 1. The molecule has 1 N–H and O–H groups in total. The number of hydrogen-bond acceptors (Lipinski definition) is 8. The lowest BCUT2D eigenvalue weighted by Gasteiger charge is -2.08. The average Bonchev–Trinajstić information content (AvgIpc) is 3.19. The Kier molecular flexibility index (Phi) is 6.03. The van der Waals surface area contributed by atoms with Gasteiger partial charge >= 0.3 is 5.69 Å². The van der Waals surface area contributed by atoms with Crippen molar-refractivity contribution < 1.29 is 23.7 Å². The van der Waals surface area contributed by atoms with Crippen molar-refractivity contribution in [2.24, 2.45) is 0 Å². The summed E-state index contributed by atoms with van der Waals surface area (Å²) in [7, 11) is 1.31. The van der Waals surface area contributed by atoms with E-state index in [9.17, 15) is 14.9 Å². The Morgan fingerprint density at radius 2 is 2.10 bits per heavy atom. The number of rotatable bonds is 8. The van der Waals surface area contributed by atoms with Crippen LogP contribution in [-0.4, -0.2) is 34.7 Å². The molecule has 0 atom stereocenters. The lowest BCUT2D eigenvalue weighted by atomic mass is 10.1. The first-order chi connectivity index (χ1) is 14.0. The molecule has 2 aromatic carbocycles. The molecule has 0 aliphatic rings. The number of carbonyl (C=O) groups excluding carboxylic acids is 1. The fourth-order valence-corrected chi connectivity index (χ4v) is 2.50. The Labute approximate surface area is 165 Å². The molecule has 3 rings (SSSR count). The van der Waals surface area contributed by atoms with E-state index in [1.54, 1.807) is 0 Å². The first kappa shape index (κ1) is 19.8. The maximum Gasteiger partial charge on any atom is 0.311 e. The molecular formula is C19H18N4O6. The summed E-state index contributed by atoms with van der Waals surface area (Å²) in [6.45, 7) is 1.72. The molecule has 0 aliphatic carbocycles. The molecule has 3 aromatic rings. The number of nitrogens with zero attached hydrogens (tertiary/aromatic N) is 3. The maximum absolute atomic E-state index is 12.0. The van der Waals surface area contributed by atoms with Crippen LogP contribution in [0, 0.1) is 17.0 Å². The molecule has 10 nitrogen and oxygen atoms in total. The van der Waals surface area contributed by atoms with Gasteiger partial charge in [0.2, 0.25) is 17.5 Å². The Bertz CT molecular complexity index is 1030. The first-order valence-electron chi connectivity index (χ1n) is 8.58. The van der Waals surface area contributed by atoms with Crippen LogP contribution < -0.4 is 14.8 Å². The van der Waals surface area contributed by atoms with E-state index >= 15 is 0 Å². The van der Waals surface area contributed by atoms with Gasteiger partial charge in [-0.15, -0.1) is 0 Å². The van der Waals surface area contributed by atoms with E-state index in [-0.39, 0.29) is 36.2 Å². The lowest BCUT2D eigenvalue weighted by molar-refractivity contribution is -0.385. The fourth-order valence-electron chi connectivity index (χ4n) is 2.50. The Hall–Kier alpha value is -3.95. The molecule has 0 aliphatic heterocycles. The third-order valence-electron chi connectivity index (χ3n) is 3.90. The van der Waals surface area contributed by atoms with Crippen molar-refractivity contribution in [3.05, 3.63) is 64.0 Å². The summed E-state index contributed by atoms with van der Waals surface area (Å²) in [6.07, 6.45) is 0. The molecule has 0 spiro atoms. The number of hydrogen-bond donors (Lipinski definition) is 1. The van der Waals surface area contributed by atoms with E-state index in [0.717, 1.165) is 11.1 Å². The van der Waals surface area contributed by atoms with E-state index in [2.05, 4.69) is 15.5 Å². The van der Waals surface area contributed by atoms with Crippen LogP contribution in [0.4, 0.5) is 5.69 Å². The van der Waals surface area contributed by atoms with E-state index in [0.29, 0.717) is 5.82 Å². The molecule has 0 radical (unpaired) electrons. The highest BCUT2D eigenvalue weighted by Crippen LogP contribution is 2.30. The SMILES string of the molecule is COc1cc(OCC(=O)NCc2nc(-c3cccc(C)c3)no2)ccc1[N+](=O)[O-]. The van der Waals surface area contributed by atoms with Gasteiger partial charge in [0, 0.05) is 17.7 Å². The highest BCUT2D eigenvalue weighted by atomic mass is 16.6. The third kappa shape index (κ3) is 5.06. The zero-order valence-corrected chi connectivity index (χ0v) is 15.7. The highest BCUT2D eigenvalue weighted by molar-refractivity contribution is 5.77. The number of benzene rings is 2. The highest BCUT2D eigenvalue weighted by Gasteiger charge is 2.16. The second-order valence-electron chi connectivity index (χ2n) is 6.04. The quantitative estimate of drug-likeness (QED) is 0.453. The van der Waals surface area contributed by atoms with Crippen molar-refractivity contribution in [2.45, 2.75) is 13.5 Å². The summed E-state index contributed by atoms with van der Waals surface area (Å²) in [6, 6.07) is 11.6. The summed E-state index contributed by atoms with van der Waals surface area (Å²) >= 11 is 0. The summed E-state index contributed by atoms with van der Waals surface area (Å²) in [4.78, 5) is 26.5. The molecule has 0 fully saturated rings. The zero-order chi connectivity index (χ0) is 20.8. The molecule has 0 unspecified atom stereocenters. The van der Waals surface area contributed by atoms with Crippen LogP contribution in [-0.2, 0) is 11.3 Å². The van der Waals surface area contributed by atoms with E-state index in [1.165, 1.54) is 25.3 Å². The van der Waals surface area contributed by atoms with Crippen molar-refractivity contribution in [3.63, 3.8) is 0 Å². The average molecular weight is 398 g/mol. The molecule has 10 heteroatoms. The van der Waals surface area contributed by atoms with E-state index in [4.69, 9.17) is 14.0 Å². The lowest BCUT2D eigenvalue weighted by Crippen LogP contribution is -2.28. The fraction of sp³-hybridized carbons (Fsp3) is 0.211. The largest absolute Gasteiger partial charge is 0.490 e. The van der Waals surface area contributed by atoms with Gasteiger partial charge in [-0.2, -0.15) is 4.98 Å². The van der Waals surface area contributed by atoms with Crippen LogP contribution in [0.2, 0.25) is 0 Å². The van der Waals surface area contributed by atoms with Gasteiger partial charge in [-0.05, 0) is 19.1 Å². The van der Waals surface area contributed by atoms with Crippen LogP contribution in [0.1, 0.15) is 11.5 Å². The zero-order valence-electron chi connectivity index (χ0n) is 15.7. The van der Waals surface area contributed by atoms with Gasteiger partial charge in [-0.1, -0.05) is 28.9 Å². The number of nitro benzene ring substituents is 1. The van der Waals surface area contributed by atoms with Crippen LogP contribution >= 0.6 is 0 Å². The van der Waals surface area contributed by atoms with Gasteiger partial charge in [0.15, 0.2) is 6.61 Å². The van der Waals surface area contributed by atoms with Crippen molar-refractivity contribution in [1.82, 2.24) is 15.5 Å². The van der Waals surface area contributed by atoms with Crippen molar-refractivity contribution in [1.29, 1.82) is 0 Å². The number of nitrogens with one attached hydrogen (secondary N) is 1. The minimum atomic E-state index is -0.565. The summed E-state index contributed by atoms with van der Waals surface area (Å²) < 4.78 is 15.4. The van der Waals surface area contributed by atoms with Crippen molar-refractivity contribution in [2.75, 3.05) is 13.7 Å². The van der Waals surface area contributed by atoms with Crippen molar-refractivity contribution >= 4 is 11.6 Å². The molecular weight excluding hydrogens is 380 g/mol. The third-order valence-corrected chi connectivity index (χ3v) is 3.90. The Morgan fingerprint density at radius 3 is 2.83 bits per heavy atom. The predicted octanol–water partition coefficient (Wildman–Crippen LogP) is 2.66. The summed E-state index contributed by atoms with van der Waals surface area (Å²) in [5.74, 6) is 0.584. The van der Waals surface area contributed by atoms with Crippen molar-refractivity contribution in [3.8, 4) is 22.9 Å². The van der Waals surface area contributed by atoms with Gasteiger partial charge in [0.25, 0.3) is 5.91 Å². The van der Waals surface area contributed by atoms with E-state index in [1.807, 2.05) is 31.2 Å². The predicted molar refractivity (Wildman–Crippen MR) is 101 cm³/mol. The molecule has 1 heterocycles. The standard InChI is InChI=1S/C19H18N4O6/c1-12-4-3-5-13(8-12)19-21-18(29-22-19)10-20-17(24)11-28-14-6-7-15(23(25)26)16(9-14)27-2/h3-9H,10-11H2,1-2H3,(H,20,24). The smallest absolute Gasteiger partial charge is 0.311 e. The van der Waals surface area contributed by atoms with Crippen LogP contribution in [0.5, 0.6) is 11.5 Å². The number of aryl methyl sites for hydroxylation is 1. The molecule has 0 bridgehead atoms. The molecule has 29 heavy (non-hydrogen) atoms. The minimum absolute atomic E-state index is 0.0439. The Balaban J connectivity index is 1.52. The molecule has 0 saturated carbocycles. The van der Waals surface area contributed by atoms with Gasteiger partial charge in [-0.3, -0.25) is 14.9 Å². The second kappa shape index (κ2) is 8.83. The molecule has 1 amide bonds. The number of ether oxygens (including phenoxy) is 2. The van der Waals surface area contributed by atoms with Gasteiger partial charge in [0.05, 0.1) is 18.6 Å². The number of methoxy groups -OCH3 is 1. The molecule has 0 saturated heterocycles. The monoisotopic (exact) mass is 398 g/mol. The number of carbonyl (C=O) groups is 1. The van der Waals surface area contributed by atoms with Crippen LogP contribution in [0.15, 0.2) is 47.0 Å². The molecule has 1 aromatic heterocycles. The topological polar surface area (TPSA) is 130 Å². The maximum atomic E-state index is 12.0. The van der Waals surface area contributed by atoms with Gasteiger partial charge < -0.3 is 19.3 Å². The summed E-state index contributed by atoms with van der Waals surface area (Å²) in [5.41, 5.74) is 1.70. The first-order valence-corrected chi connectivity index (χ1v) is 8.58.